The number of benzene rings is 1. The summed E-state index contributed by atoms with van der Waals surface area (Å²) in [6, 6.07) is 8.19. The standard InChI is InChI=1S/C14H20N2O/c1-11-5-6-13(12(2)9-11)17-8-4-7-14(3,16)10-15/h5-6,9H,4,7-8,16H2,1-3H3. The first kappa shape index (κ1) is 13.5. The maximum Gasteiger partial charge on any atom is 0.122 e. The Labute approximate surface area is 103 Å². The Morgan fingerprint density at radius 2 is 2.12 bits per heavy atom. The van der Waals surface area contributed by atoms with E-state index in [-0.39, 0.29) is 0 Å². The maximum absolute atomic E-state index is 8.77. The van der Waals surface area contributed by atoms with E-state index in [1.165, 1.54) is 5.56 Å². The normalized spacial score (nSPS) is 13.8. The lowest BCUT2D eigenvalue weighted by atomic mass is 10.00. The highest BCUT2D eigenvalue weighted by atomic mass is 16.5. The van der Waals surface area contributed by atoms with Gasteiger partial charge in [-0.15, -0.1) is 0 Å². The van der Waals surface area contributed by atoms with Crippen molar-refractivity contribution in [2.24, 2.45) is 5.73 Å². The van der Waals surface area contributed by atoms with E-state index in [2.05, 4.69) is 19.1 Å². The third kappa shape index (κ3) is 4.46. The fraction of sp³-hybridized carbons (Fsp3) is 0.500. The fourth-order valence-corrected chi connectivity index (χ4v) is 1.64. The van der Waals surface area contributed by atoms with Gasteiger partial charge in [0, 0.05) is 0 Å². The second kappa shape index (κ2) is 5.70. The van der Waals surface area contributed by atoms with Crippen molar-refractivity contribution in [3.8, 4) is 11.8 Å². The van der Waals surface area contributed by atoms with Crippen molar-refractivity contribution in [1.29, 1.82) is 5.26 Å². The lowest BCUT2D eigenvalue weighted by molar-refractivity contribution is 0.294. The summed E-state index contributed by atoms with van der Waals surface area (Å²) in [5, 5.41) is 8.77. The van der Waals surface area contributed by atoms with E-state index in [4.69, 9.17) is 15.7 Å². The molecule has 0 saturated carbocycles. The molecule has 17 heavy (non-hydrogen) atoms. The van der Waals surface area contributed by atoms with Crippen LogP contribution in [0.15, 0.2) is 18.2 Å². The van der Waals surface area contributed by atoms with E-state index in [0.29, 0.717) is 13.0 Å². The predicted octanol–water partition coefficient (Wildman–Crippen LogP) is 2.70. The van der Waals surface area contributed by atoms with Crippen molar-refractivity contribution < 1.29 is 4.74 Å². The summed E-state index contributed by atoms with van der Waals surface area (Å²) in [7, 11) is 0. The van der Waals surface area contributed by atoms with Crippen molar-refractivity contribution in [2.75, 3.05) is 6.61 Å². The third-order valence-corrected chi connectivity index (χ3v) is 2.68. The zero-order valence-electron chi connectivity index (χ0n) is 10.8. The van der Waals surface area contributed by atoms with Crippen molar-refractivity contribution in [3.05, 3.63) is 29.3 Å². The van der Waals surface area contributed by atoms with E-state index in [9.17, 15) is 0 Å². The molecule has 0 radical (unpaired) electrons. The molecule has 0 bridgehead atoms. The molecule has 0 heterocycles. The largest absolute Gasteiger partial charge is 0.493 e. The molecule has 1 atom stereocenters. The van der Waals surface area contributed by atoms with Gasteiger partial charge in [-0.25, -0.2) is 0 Å². The van der Waals surface area contributed by atoms with Crippen LogP contribution in [-0.2, 0) is 0 Å². The minimum absolute atomic E-state index is 0.596. The van der Waals surface area contributed by atoms with Crippen LogP contribution in [0.2, 0.25) is 0 Å². The predicted molar refractivity (Wildman–Crippen MR) is 68.9 cm³/mol. The first-order valence-electron chi connectivity index (χ1n) is 5.85. The molecule has 1 aromatic rings. The number of hydrogen-bond donors (Lipinski definition) is 1. The smallest absolute Gasteiger partial charge is 0.122 e. The van der Waals surface area contributed by atoms with Crippen LogP contribution in [0.5, 0.6) is 5.75 Å². The van der Waals surface area contributed by atoms with E-state index in [0.717, 1.165) is 17.7 Å². The van der Waals surface area contributed by atoms with E-state index in [1.54, 1.807) is 6.92 Å². The van der Waals surface area contributed by atoms with Gasteiger partial charge in [-0.05, 0) is 45.2 Å². The van der Waals surface area contributed by atoms with Crippen LogP contribution in [0.1, 0.15) is 30.9 Å². The van der Waals surface area contributed by atoms with Crippen molar-refractivity contribution >= 4 is 0 Å². The van der Waals surface area contributed by atoms with Gasteiger partial charge in [-0.3, -0.25) is 0 Å². The highest BCUT2D eigenvalue weighted by Crippen LogP contribution is 2.19. The molecule has 0 aliphatic heterocycles. The Balaban J connectivity index is 2.39. The van der Waals surface area contributed by atoms with Gasteiger partial charge in [0.1, 0.15) is 11.3 Å². The number of aryl methyl sites for hydroxylation is 2. The topological polar surface area (TPSA) is 59.0 Å². The molecule has 0 amide bonds. The van der Waals surface area contributed by atoms with Gasteiger partial charge in [-0.2, -0.15) is 5.26 Å². The van der Waals surface area contributed by atoms with Gasteiger partial charge in [0.2, 0.25) is 0 Å². The molecule has 1 unspecified atom stereocenters. The summed E-state index contributed by atoms with van der Waals surface area (Å²) in [6.07, 6.45) is 1.43. The Bertz CT molecular complexity index is 419. The minimum atomic E-state index is -0.744. The quantitative estimate of drug-likeness (QED) is 0.794. The van der Waals surface area contributed by atoms with Gasteiger partial charge in [0.15, 0.2) is 0 Å². The monoisotopic (exact) mass is 232 g/mol. The van der Waals surface area contributed by atoms with Crippen LogP contribution in [0.4, 0.5) is 0 Å². The highest BCUT2D eigenvalue weighted by Gasteiger charge is 2.16. The Hall–Kier alpha value is -1.53. The van der Waals surface area contributed by atoms with Gasteiger partial charge >= 0.3 is 0 Å². The molecule has 0 fully saturated rings. The van der Waals surface area contributed by atoms with Gasteiger partial charge in [0.25, 0.3) is 0 Å². The van der Waals surface area contributed by atoms with Crippen molar-refractivity contribution in [1.82, 2.24) is 0 Å². The molecule has 2 N–H and O–H groups in total. The summed E-state index contributed by atoms with van der Waals surface area (Å²) < 4.78 is 5.67. The average Bonchev–Trinajstić information content (AvgIpc) is 2.27. The molecule has 0 aliphatic carbocycles. The molecule has 1 rings (SSSR count). The Morgan fingerprint density at radius 1 is 1.41 bits per heavy atom. The second-order valence-electron chi connectivity index (χ2n) is 4.75. The lowest BCUT2D eigenvalue weighted by Gasteiger charge is -2.15. The van der Waals surface area contributed by atoms with Crippen LogP contribution in [0.3, 0.4) is 0 Å². The number of ether oxygens (including phenoxy) is 1. The van der Waals surface area contributed by atoms with Crippen LogP contribution in [0, 0.1) is 25.2 Å². The zero-order valence-corrected chi connectivity index (χ0v) is 10.8. The van der Waals surface area contributed by atoms with Gasteiger partial charge in [-0.1, -0.05) is 17.7 Å². The summed E-state index contributed by atoms with van der Waals surface area (Å²) >= 11 is 0. The SMILES string of the molecule is Cc1ccc(OCCCC(C)(N)C#N)c(C)c1. The minimum Gasteiger partial charge on any atom is -0.493 e. The number of hydrogen-bond acceptors (Lipinski definition) is 3. The number of rotatable bonds is 5. The molecule has 0 spiro atoms. The van der Waals surface area contributed by atoms with E-state index in [1.807, 2.05) is 19.1 Å². The Kier molecular flexibility index (Phi) is 4.53. The van der Waals surface area contributed by atoms with Crippen LogP contribution < -0.4 is 10.5 Å². The summed E-state index contributed by atoms with van der Waals surface area (Å²) in [6.45, 7) is 6.43. The highest BCUT2D eigenvalue weighted by molar-refractivity contribution is 5.35. The molecule has 0 saturated heterocycles. The lowest BCUT2D eigenvalue weighted by Crippen LogP contribution is -2.34. The first-order chi connectivity index (χ1) is 7.94. The van der Waals surface area contributed by atoms with Gasteiger partial charge < -0.3 is 10.5 Å². The van der Waals surface area contributed by atoms with Crippen LogP contribution in [0.25, 0.3) is 0 Å². The fourth-order valence-electron chi connectivity index (χ4n) is 1.64. The molecule has 3 nitrogen and oxygen atoms in total. The molecule has 92 valence electrons. The number of nitrogens with zero attached hydrogens (tertiary/aromatic N) is 1. The van der Waals surface area contributed by atoms with Crippen LogP contribution >= 0.6 is 0 Å². The number of nitrogens with two attached hydrogens (primary N) is 1. The molecule has 3 heteroatoms. The molecule has 1 aromatic carbocycles. The van der Waals surface area contributed by atoms with Crippen molar-refractivity contribution in [2.45, 2.75) is 39.2 Å². The third-order valence-electron chi connectivity index (χ3n) is 2.68. The molecular weight excluding hydrogens is 212 g/mol. The summed E-state index contributed by atoms with van der Waals surface area (Å²) in [5.74, 6) is 0.909. The molecule has 0 aliphatic rings. The van der Waals surface area contributed by atoms with E-state index >= 15 is 0 Å². The molecular formula is C14H20N2O. The van der Waals surface area contributed by atoms with E-state index < -0.39 is 5.54 Å². The van der Waals surface area contributed by atoms with Gasteiger partial charge in [0.05, 0.1) is 12.7 Å². The van der Waals surface area contributed by atoms with Crippen LogP contribution in [-0.4, -0.2) is 12.1 Å². The summed E-state index contributed by atoms with van der Waals surface area (Å²) in [5.41, 5.74) is 7.35. The first-order valence-corrected chi connectivity index (χ1v) is 5.85. The Morgan fingerprint density at radius 3 is 2.71 bits per heavy atom. The zero-order chi connectivity index (χ0) is 12.9. The maximum atomic E-state index is 8.77. The summed E-state index contributed by atoms with van der Waals surface area (Å²) in [4.78, 5) is 0. The number of nitriles is 1. The average molecular weight is 232 g/mol. The van der Waals surface area contributed by atoms with Crippen molar-refractivity contribution in [3.63, 3.8) is 0 Å². The molecule has 0 aromatic heterocycles. The second-order valence-corrected chi connectivity index (χ2v) is 4.75.